The van der Waals surface area contributed by atoms with E-state index in [9.17, 15) is 18.0 Å². The molecule has 1 N–H and O–H groups in total. The average Bonchev–Trinajstić information content (AvgIpc) is 2.66. The van der Waals surface area contributed by atoms with Gasteiger partial charge < -0.3 is 4.98 Å². The number of aryl methyl sites for hydroxylation is 1. The van der Waals surface area contributed by atoms with Gasteiger partial charge in [0.05, 0.1) is 5.69 Å². The van der Waals surface area contributed by atoms with Crippen molar-refractivity contribution in [3.8, 4) is 11.4 Å². The van der Waals surface area contributed by atoms with Crippen molar-refractivity contribution in [3.05, 3.63) is 86.6 Å². The Labute approximate surface area is 159 Å². The zero-order chi connectivity index (χ0) is 19.8. The van der Waals surface area contributed by atoms with Crippen LogP contribution in [-0.2, 0) is 19.5 Å². The largest absolute Gasteiger partial charge is 0.306 e. The lowest BCUT2D eigenvalue weighted by Gasteiger charge is -2.27. The SMILES string of the molecule is Cc1ccc(-c2nc3c(c(=O)[nH]2)CCN(Cc2cc(F)c(F)c(F)c2)C3)cc1. The van der Waals surface area contributed by atoms with Crippen LogP contribution < -0.4 is 5.56 Å². The number of nitrogens with one attached hydrogen (secondary N) is 1. The van der Waals surface area contributed by atoms with Crippen molar-refractivity contribution >= 4 is 0 Å². The number of H-pyrrole nitrogens is 1. The lowest BCUT2D eigenvalue weighted by molar-refractivity contribution is 0.239. The van der Waals surface area contributed by atoms with Gasteiger partial charge in [0.1, 0.15) is 5.82 Å². The first kappa shape index (κ1) is 18.4. The van der Waals surface area contributed by atoms with Crippen LogP contribution in [0.3, 0.4) is 0 Å². The van der Waals surface area contributed by atoms with Crippen molar-refractivity contribution in [1.82, 2.24) is 14.9 Å². The molecule has 4 rings (SSSR count). The van der Waals surface area contributed by atoms with Crippen molar-refractivity contribution in [2.75, 3.05) is 6.54 Å². The first-order valence-electron chi connectivity index (χ1n) is 8.95. The molecule has 7 heteroatoms. The van der Waals surface area contributed by atoms with Crippen LogP contribution in [0.2, 0.25) is 0 Å². The van der Waals surface area contributed by atoms with Crippen LogP contribution in [0.1, 0.15) is 22.4 Å². The molecule has 0 radical (unpaired) electrons. The van der Waals surface area contributed by atoms with Gasteiger partial charge in [-0.3, -0.25) is 9.69 Å². The number of benzene rings is 2. The van der Waals surface area contributed by atoms with Crippen molar-refractivity contribution in [2.45, 2.75) is 26.4 Å². The molecule has 4 nitrogen and oxygen atoms in total. The third-order valence-corrected chi connectivity index (χ3v) is 4.93. The molecule has 0 saturated heterocycles. The summed E-state index contributed by atoms with van der Waals surface area (Å²) in [4.78, 5) is 21.8. The summed E-state index contributed by atoms with van der Waals surface area (Å²) in [6, 6.07) is 9.67. The zero-order valence-corrected chi connectivity index (χ0v) is 15.2. The molecule has 0 spiro atoms. The number of rotatable bonds is 3. The van der Waals surface area contributed by atoms with E-state index >= 15 is 0 Å². The van der Waals surface area contributed by atoms with E-state index in [4.69, 9.17) is 0 Å². The molecule has 0 saturated carbocycles. The second-order valence-corrected chi connectivity index (χ2v) is 7.04. The van der Waals surface area contributed by atoms with E-state index in [1.54, 1.807) is 0 Å². The maximum atomic E-state index is 13.5. The maximum Gasteiger partial charge on any atom is 0.254 e. The van der Waals surface area contributed by atoms with Crippen LogP contribution in [-0.4, -0.2) is 21.4 Å². The summed E-state index contributed by atoms with van der Waals surface area (Å²) in [7, 11) is 0. The molecule has 0 unspecified atom stereocenters. The van der Waals surface area contributed by atoms with Crippen LogP contribution in [0.25, 0.3) is 11.4 Å². The van der Waals surface area contributed by atoms with Gasteiger partial charge in [0.25, 0.3) is 5.56 Å². The van der Waals surface area contributed by atoms with E-state index in [2.05, 4.69) is 9.97 Å². The standard InChI is InChI=1S/C21H18F3N3O/c1-12-2-4-14(5-3-12)20-25-18-11-27(7-6-15(18)21(28)26-20)10-13-8-16(22)19(24)17(23)9-13/h2-5,8-9H,6-7,10-11H2,1H3,(H,25,26,28). The second-order valence-electron chi connectivity index (χ2n) is 7.04. The Morgan fingerprint density at radius 1 is 1.11 bits per heavy atom. The topological polar surface area (TPSA) is 49.0 Å². The minimum absolute atomic E-state index is 0.168. The number of aromatic nitrogens is 2. The van der Waals surface area contributed by atoms with Gasteiger partial charge in [0.2, 0.25) is 0 Å². The first-order chi connectivity index (χ1) is 13.4. The normalized spacial score (nSPS) is 14.1. The van der Waals surface area contributed by atoms with Crippen LogP contribution in [0.15, 0.2) is 41.2 Å². The highest BCUT2D eigenvalue weighted by atomic mass is 19.2. The highest BCUT2D eigenvalue weighted by molar-refractivity contribution is 5.55. The average molecular weight is 385 g/mol. The number of halogens is 3. The van der Waals surface area contributed by atoms with Crippen LogP contribution in [0.5, 0.6) is 0 Å². The number of hydrogen-bond donors (Lipinski definition) is 1. The van der Waals surface area contributed by atoms with E-state index in [0.717, 1.165) is 23.3 Å². The molecule has 0 aliphatic carbocycles. The van der Waals surface area contributed by atoms with Gasteiger partial charge >= 0.3 is 0 Å². The van der Waals surface area contributed by atoms with Crippen LogP contribution >= 0.6 is 0 Å². The number of nitrogens with zero attached hydrogens (tertiary/aromatic N) is 2. The minimum Gasteiger partial charge on any atom is -0.306 e. The zero-order valence-electron chi connectivity index (χ0n) is 15.2. The monoisotopic (exact) mass is 385 g/mol. The van der Waals surface area contributed by atoms with E-state index < -0.39 is 17.5 Å². The lowest BCUT2D eigenvalue weighted by atomic mass is 10.0. The fourth-order valence-corrected chi connectivity index (χ4v) is 3.43. The lowest BCUT2D eigenvalue weighted by Crippen LogP contribution is -2.35. The summed E-state index contributed by atoms with van der Waals surface area (Å²) in [5, 5.41) is 0. The van der Waals surface area contributed by atoms with Gasteiger partial charge in [-0.2, -0.15) is 0 Å². The molecule has 0 atom stereocenters. The fourth-order valence-electron chi connectivity index (χ4n) is 3.43. The van der Waals surface area contributed by atoms with Gasteiger partial charge in [-0.25, -0.2) is 18.2 Å². The molecule has 28 heavy (non-hydrogen) atoms. The summed E-state index contributed by atoms with van der Waals surface area (Å²) in [6.07, 6.45) is 0.484. The summed E-state index contributed by atoms with van der Waals surface area (Å²) >= 11 is 0. The van der Waals surface area contributed by atoms with E-state index in [0.29, 0.717) is 42.2 Å². The molecule has 2 heterocycles. The molecule has 144 valence electrons. The van der Waals surface area contributed by atoms with E-state index in [1.165, 1.54) is 0 Å². The van der Waals surface area contributed by atoms with Gasteiger partial charge in [-0.05, 0) is 31.0 Å². The van der Waals surface area contributed by atoms with Gasteiger partial charge in [-0.1, -0.05) is 29.8 Å². The summed E-state index contributed by atoms with van der Waals surface area (Å²) in [5.41, 5.74) is 3.36. The first-order valence-corrected chi connectivity index (χ1v) is 8.95. The quantitative estimate of drug-likeness (QED) is 0.699. The molecular weight excluding hydrogens is 367 g/mol. The van der Waals surface area contributed by atoms with E-state index in [-0.39, 0.29) is 12.1 Å². The number of fused-ring (bicyclic) bond motifs is 1. The summed E-state index contributed by atoms with van der Waals surface area (Å²) in [6.45, 7) is 3.13. The molecule has 0 amide bonds. The Balaban J connectivity index is 1.61. The predicted octanol–water partition coefficient (Wildman–Crippen LogP) is 3.72. The number of hydrogen-bond acceptors (Lipinski definition) is 3. The molecule has 1 aliphatic rings. The summed E-state index contributed by atoms with van der Waals surface area (Å²) < 4.78 is 40.1. The molecule has 3 aromatic rings. The molecule has 1 aromatic heterocycles. The Hall–Kier alpha value is -2.93. The second kappa shape index (κ2) is 7.24. The third kappa shape index (κ3) is 3.57. The molecule has 0 fully saturated rings. The smallest absolute Gasteiger partial charge is 0.254 e. The highest BCUT2D eigenvalue weighted by Gasteiger charge is 2.22. The van der Waals surface area contributed by atoms with Gasteiger partial charge in [0, 0.05) is 30.8 Å². The summed E-state index contributed by atoms with van der Waals surface area (Å²) in [5.74, 6) is -3.39. The minimum atomic E-state index is -1.47. The molecule has 0 bridgehead atoms. The predicted molar refractivity (Wildman–Crippen MR) is 99.2 cm³/mol. The highest BCUT2D eigenvalue weighted by Crippen LogP contribution is 2.21. The van der Waals surface area contributed by atoms with Crippen LogP contribution in [0.4, 0.5) is 13.2 Å². The van der Waals surface area contributed by atoms with Gasteiger partial charge in [0.15, 0.2) is 17.5 Å². The Bertz CT molecular complexity index is 1070. The van der Waals surface area contributed by atoms with Crippen molar-refractivity contribution in [1.29, 1.82) is 0 Å². The Kier molecular flexibility index (Phi) is 4.77. The maximum absolute atomic E-state index is 13.5. The molecule has 2 aromatic carbocycles. The van der Waals surface area contributed by atoms with Crippen LogP contribution in [0, 0.1) is 24.4 Å². The number of aromatic amines is 1. The van der Waals surface area contributed by atoms with Gasteiger partial charge in [-0.15, -0.1) is 0 Å². The van der Waals surface area contributed by atoms with Crippen molar-refractivity contribution < 1.29 is 13.2 Å². The fraction of sp³-hybridized carbons (Fsp3) is 0.238. The van der Waals surface area contributed by atoms with Crippen molar-refractivity contribution in [2.24, 2.45) is 0 Å². The Morgan fingerprint density at radius 3 is 2.46 bits per heavy atom. The molecular formula is C21H18F3N3O. The van der Waals surface area contributed by atoms with Crippen molar-refractivity contribution in [3.63, 3.8) is 0 Å². The van der Waals surface area contributed by atoms with E-state index in [1.807, 2.05) is 36.1 Å². The molecule has 1 aliphatic heterocycles. The Morgan fingerprint density at radius 2 is 1.79 bits per heavy atom. The third-order valence-electron chi connectivity index (χ3n) is 4.93.